The van der Waals surface area contributed by atoms with Gasteiger partial charge in [-0.1, -0.05) is 53.5 Å². The number of ketones is 1. The Morgan fingerprint density at radius 1 is 0.939 bits per heavy atom. The molecule has 4 aromatic carbocycles. The van der Waals surface area contributed by atoms with Crippen LogP contribution < -0.4 is 30.7 Å². The van der Waals surface area contributed by atoms with Gasteiger partial charge in [-0.3, -0.25) is 24.1 Å². The monoisotopic (exact) mass is 701 g/mol. The number of hydrogen-bond donors (Lipinski definition) is 4. The number of phenols is 1. The highest BCUT2D eigenvalue weighted by Crippen LogP contribution is 2.38. The molecule has 1 aliphatic carbocycles. The molecule has 0 aromatic heterocycles. The second kappa shape index (κ2) is 14.7. The molecule has 49 heavy (non-hydrogen) atoms. The van der Waals surface area contributed by atoms with Crippen molar-refractivity contribution in [2.75, 3.05) is 11.9 Å². The average molecular weight is 703 g/mol. The molecule has 15 heteroatoms. The number of ether oxygens (including phenoxy) is 2. The van der Waals surface area contributed by atoms with Gasteiger partial charge in [0.05, 0.1) is 44.1 Å². The molecular weight excluding hydrogens is 677 g/mol. The number of nitrogens with two attached hydrogens (primary N) is 1. The molecule has 0 saturated carbocycles. The summed E-state index contributed by atoms with van der Waals surface area (Å²) in [6.45, 7) is 0.0515. The van der Waals surface area contributed by atoms with Crippen molar-refractivity contribution in [1.29, 1.82) is 0 Å². The number of nitrogens with zero attached hydrogens (tertiary/aromatic N) is 2. The Hall–Kier alpha value is -6.18. The van der Waals surface area contributed by atoms with Gasteiger partial charge >= 0.3 is 6.09 Å². The van der Waals surface area contributed by atoms with Crippen molar-refractivity contribution in [3.05, 3.63) is 111 Å². The summed E-state index contributed by atoms with van der Waals surface area (Å²) < 4.78 is 11.4. The zero-order chi connectivity index (χ0) is 35.2. The van der Waals surface area contributed by atoms with Crippen molar-refractivity contribution in [2.24, 2.45) is 10.7 Å². The molecule has 0 aliphatic heterocycles. The predicted octanol–water partition coefficient (Wildman–Crippen LogP) is 5.08. The average Bonchev–Trinajstić information content (AvgIpc) is 3.06. The van der Waals surface area contributed by atoms with Crippen molar-refractivity contribution < 1.29 is 38.6 Å². The molecule has 13 nitrogen and oxygen atoms in total. The fourth-order valence-corrected chi connectivity index (χ4v) is 5.38. The lowest BCUT2D eigenvalue weighted by Crippen LogP contribution is -2.29. The van der Waals surface area contributed by atoms with Crippen LogP contribution in [0.4, 0.5) is 16.2 Å². The number of carbonyl (C=O) groups excluding carboxylic acids is 5. The van der Waals surface area contributed by atoms with Crippen LogP contribution in [0.2, 0.25) is 10.0 Å². The van der Waals surface area contributed by atoms with Crippen LogP contribution >= 0.6 is 23.2 Å². The van der Waals surface area contributed by atoms with E-state index in [0.717, 1.165) is 6.08 Å². The zero-order valence-electron chi connectivity index (χ0n) is 25.4. The molecule has 4 aromatic rings. The molecular formula is C34H25Cl2N5O8. The quantitative estimate of drug-likeness (QED) is 0.123. The van der Waals surface area contributed by atoms with Crippen LogP contribution in [0.5, 0.6) is 17.2 Å². The highest BCUT2D eigenvalue weighted by molar-refractivity contribution is 6.37. The molecule has 4 amide bonds. The number of carbonyl (C=O) groups is 5. The van der Waals surface area contributed by atoms with Crippen LogP contribution in [0, 0.1) is 0 Å². The Kier molecular flexibility index (Phi) is 10.3. The van der Waals surface area contributed by atoms with E-state index in [-0.39, 0.29) is 62.3 Å². The summed E-state index contributed by atoms with van der Waals surface area (Å²) in [5.74, 6) is -1.16. The lowest BCUT2D eigenvalue weighted by Gasteiger charge is -2.19. The fourth-order valence-electron chi connectivity index (χ4n) is 4.80. The van der Waals surface area contributed by atoms with Gasteiger partial charge in [-0.15, -0.1) is 0 Å². The van der Waals surface area contributed by atoms with E-state index in [0.29, 0.717) is 34.8 Å². The number of hydrogen-bond acceptors (Lipinski definition) is 9. The van der Waals surface area contributed by atoms with E-state index >= 15 is 0 Å². The first-order valence-corrected chi connectivity index (χ1v) is 14.9. The number of primary amides is 1. The van der Waals surface area contributed by atoms with E-state index in [9.17, 15) is 29.1 Å². The van der Waals surface area contributed by atoms with Gasteiger partial charge < -0.3 is 30.9 Å². The van der Waals surface area contributed by atoms with E-state index in [4.69, 9.17) is 38.4 Å². The molecule has 0 radical (unpaired) electrons. The Balaban J connectivity index is 1.26. The molecule has 0 saturated heterocycles. The molecule has 0 unspecified atom stereocenters. The maximum Gasteiger partial charge on any atom is 0.419 e. The van der Waals surface area contributed by atoms with Gasteiger partial charge in [-0.2, -0.15) is 0 Å². The van der Waals surface area contributed by atoms with Gasteiger partial charge in [-0.25, -0.2) is 9.79 Å². The number of nitrogens with one attached hydrogen (secondary N) is 2. The summed E-state index contributed by atoms with van der Waals surface area (Å²) in [6, 6.07) is 17.3. The van der Waals surface area contributed by atoms with E-state index in [1.165, 1.54) is 36.2 Å². The molecule has 5 N–H and O–H groups in total. The molecule has 248 valence electrons. The second-order valence-electron chi connectivity index (χ2n) is 10.3. The molecule has 0 atom stereocenters. The Bertz CT molecular complexity index is 2090. The van der Waals surface area contributed by atoms with Gasteiger partial charge in [0.1, 0.15) is 18.1 Å². The largest absolute Gasteiger partial charge is 0.506 e. The third kappa shape index (κ3) is 7.53. The van der Waals surface area contributed by atoms with Crippen molar-refractivity contribution in [1.82, 2.24) is 10.6 Å². The van der Waals surface area contributed by atoms with Gasteiger partial charge in [0, 0.05) is 23.9 Å². The van der Waals surface area contributed by atoms with E-state index < -0.39 is 17.8 Å². The summed E-state index contributed by atoms with van der Waals surface area (Å²) in [4.78, 5) is 64.3. The minimum atomic E-state index is -0.777. The van der Waals surface area contributed by atoms with Crippen LogP contribution in [-0.2, 0) is 21.0 Å². The summed E-state index contributed by atoms with van der Waals surface area (Å²) >= 11 is 12.9. The van der Waals surface area contributed by atoms with E-state index in [1.807, 2.05) is 0 Å². The fraction of sp³-hybridized carbons (Fsp3) is 0.0588. The number of allylic oxidation sites excluding steroid dienone is 2. The standard InChI is InChI=1S/C34H25Cl2N5O8/c1-41(29-4-2-3-22-21(29)9-10-23(31(22)45)33(37)46)34(47)49-20-7-5-18(6-8-20)15-48-32-24(35)11-19(12-25(32)36)40-27-13-28(39-17-43)30(44)14-26(27)38-16-42/h2-14,16-17,45H,15H2,1H3,(H2,37,46)(H,38,42)(H,39,43)/b40-27+. The first-order valence-electron chi connectivity index (χ1n) is 14.2. The van der Waals surface area contributed by atoms with E-state index in [2.05, 4.69) is 15.6 Å². The van der Waals surface area contributed by atoms with Gasteiger partial charge in [0.15, 0.2) is 5.75 Å². The Morgan fingerprint density at radius 3 is 2.27 bits per heavy atom. The number of aromatic hydroxyl groups is 1. The summed E-state index contributed by atoms with van der Waals surface area (Å²) in [7, 11) is 1.51. The number of halogens is 2. The van der Waals surface area contributed by atoms with Gasteiger partial charge in [-0.05, 0) is 48.0 Å². The normalized spacial score (nSPS) is 13.3. The molecule has 1 aliphatic rings. The first kappa shape index (κ1) is 34.2. The minimum absolute atomic E-state index is 0.0350. The molecule has 5 rings (SSSR count). The summed E-state index contributed by atoms with van der Waals surface area (Å²) in [5, 5.41) is 16.3. The molecule has 0 bridgehead atoms. The van der Waals surface area contributed by atoms with Crippen LogP contribution in [0.15, 0.2) is 95.3 Å². The summed E-state index contributed by atoms with van der Waals surface area (Å²) in [6.07, 6.45) is 2.44. The summed E-state index contributed by atoms with van der Waals surface area (Å²) in [5.41, 5.74) is 6.94. The van der Waals surface area contributed by atoms with Crippen LogP contribution in [0.25, 0.3) is 10.8 Å². The maximum absolute atomic E-state index is 13.0. The predicted molar refractivity (Wildman–Crippen MR) is 182 cm³/mol. The number of fused-ring (bicyclic) bond motifs is 1. The lowest BCUT2D eigenvalue weighted by atomic mass is 10.0. The van der Waals surface area contributed by atoms with Crippen LogP contribution in [0.1, 0.15) is 15.9 Å². The molecule has 0 spiro atoms. The van der Waals surface area contributed by atoms with Crippen molar-refractivity contribution in [3.8, 4) is 17.2 Å². The number of rotatable bonds is 11. The highest BCUT2D eigenvalue weighted by Gasteiger charge is 2.21. The van der Waals surface area contributed by atoms with E-state index in [1.54, 1.807) is 48.5 Å². The maximum atomic E-state index is 13.0. The van der Waals surface area contributed by atoms with Gasteiger partial charge in [0.2, 0.25) is 18.6 Å². The number of benzene rings is 4. The highest BCUT2D eigenvalue weighted by atomic mass is 35.5. The number of anilines is 1. The SMILES string of the molecule is CN(C(=O)Oc1ccc(COc2c(Cl)cc(/N=C3\C=C(NC=O)C(=O)C=C3NC=O)cc2Cl)cc1)c1cccc2c(O)c(C(N)=O)ccc12. The first-order chi connectivity index (χ1) is 23.5. The third-order valence-corrected chi connectivity index (χ3v) is 7.74. The second-order valence-corrected chi connectivity index (χ2v) is 11.1. The van der Waals surface area contributed by atoms with Crippen molar-refractivity contribution >= 4 is 81.7 Å². The zero-order valence-corrected chi connectivity index (χ0v) is 26.9. The smallest absolute Gasteiger partial charge is 0.419 e. The van der Waals surface area contributed by atoms with Crippen LogP contribution in [0.3, 0.4) is 0 Å². The molecule has 0 fully saturated rings. The minimum Gasteiger partial charge on any atom is -0.506 e. The van der Waals surface area contributed by atoms with Crippen molar-refractivity contribution in [2.45, 2.75) is 6.61 Å². The number of aliphatic imine (C=N–C) groups is 1. The van der Waals surface area contributed by atoms with Gasteiger partial charge in [0.25, 0.3) is 5.91 Å². The Morgan fingerprint density at radius 2 is 1.61 bits per heavy atom. The number of amides is 4. The molecule has 0 heterocycles. The van der Waals surface area contributed by atoms with Crippen LogP contribution in [-0.4, -0.2) is 48.5 Å². The Labute approximate surface area is 288 Å². The topological polar surface area (TPSA) is 190 Å². The lowest BCUT2D eigenvalue weighted by molar-refractivity contribution is -0.114. The van der Waals surface area contributed by atoms with Crippen molar-refractivity contribution in [3.63, 3.8) is 0 Å². The third-order valence-electron chi connectivity index (χ3n) is 7.18.